The number of rotatable bonds is 6. The second-order valence-corrected chi connectivity index (χ2v) is 7.79. The summed E-state index contributed by atoms with van der Waals surface area (Å²) in [5.74, 6) is 0.775. The van der Waals surface area contributed by atoms with E-state index < -0.39 is 0 Å². The van der Waals surface area contributed by atoms with Gasteiger partial charge in [0.05, 0.1) is 0 Å². The average Bonchev–Trinajstić information content (AvgIpc) is 2.44. The molecule has 0 spiro atoms. The summed E-state index contributed by atoms with van der Waals surface area (Å²) in [5.41, 5.74) is 1.30. The van der Waals surface area contributed by atoms with Crippen LogP contribution in [0.1, 0.15) is 5.56 Å². The first-order chi connectivity index (χ1) is 9.24. The van der Waals surface area contributed by atoms with Gasteiger partial charge >= 0.3 is 125 Å². The van der Waals surface area contributed by atoms with E-state index in [0.29, 0.717) is 15.0 Å². The fourth-order valence-electron chi connectivity index (χ4n) is 1.65. The van der Waals surface area contributed by atoms with Crippen molar-refractivity contribution in [2.24, 2.45) is 0 Å². The third-order valence-corrected chi connectivity index (χ3v) is 6.16. The Morgan fingerprint density at radius 2 is 1.89 bits per heavy atom. The van der Waals surface area contributed by atoms with Crippen molar-refractivity contribution < 1.29 is 5.11 Å². The minimum absolute atomic E-state index is 0.217. The zero-order valence-corrected chi connectivity index (χ0v) is 13.5. The van der Waals surface area contributed by atoms with E-state index in [9.17, 15) is 5.11 Å². The first-order valence-electron chi connectivity index (χ1n) is 6.29. The molecule has 0 bridgehead atoms. The second kappa shape index (κ2) is 7.76. The van der Waals surface area contributed by atoms with Crippen molar-refractivity contribution in [1.29, 1.82) is 0 Å². The normalized spacial score (nSPS) is 12.3. The van der Waals surface area contributed by atoms with E-state index in [2.05, 4.69) is 43.3 Å². The van der Waals surface area contributed by atoms with Crippen LogP contribution in [-0.2, 0) is 0 Å². The molecule has 2 aromatic rings. The molecule has 19 heavy (non-hydrogen) atoms. The van der Waals surface area contributed by atoms with Crippen LogP contribution in [0.15, 0.2) is 59.5 Å². The quantitative estimate of drug-likeness (QED) is 0.646. The number of aliphatic hydroxyl groups excluding tert-OH is 1. The van der Waals surface area contributed by atoms with Crippen LogP contribution in [0, 0.1) is 6.92 Å². The molecule has 0 aliphatic carbocycles. The molecule has 0 radical (unpaired) electrons. The second-order valence-electron chi connectivity index (χ2n) is 4.41. The van der Waals surface area contributed by atoms with Crippen molar-refractivity contribution in [3.05, 3.63) is 60.2 Å². The van der Waals surface area contributed by atoms with Gasteiger partial charge in [0.2, 0.25) is 0 Å². The Morgan fingerprint density at radius 3 is 2.63 bits per heavy atom. The molecule has 3 heteroatoms. The molecule has 2 rings (SSSR count). The van der Waals surface area contributed by atoms with Crippen LogP contribution in [0.25, 0.3) is 0 Å². The van der Waals surface area contributed by atoms with Gasteiger partial charge in [-0.25, -0.2) is 0 Å². The van der Waals surface area contributed by atoms with Crippen LogP contribution < -0.4 is 4.46 Å². The first-order valence-corrected chi connectivity index (χ1v) is 9.35. The van der Waals surface area contributed by atoms with Crippen LogP contribution in [0.5, 0.6) is 0 Å². The first kappa shape index (κ1) is 14.7. The van der Waals surface area contributed by atoms with Gasteiger partial charge in [-0.15, -0.1) is 0 Å². The molecule has 0 amide bonds. The van der Waals surface area contributed by atoms with E-state index in [1.807, 2.05) is 18.2 Å². The summed E-state index contributed by atoms with van der Waals surface area (Å²) in [7, 11) is 0. The van der Waals surface area contributed by atoms with Crippen LogP contribution in [0.4, 0.5) is 0 Å². The Labute approximate surface area is 125 Å². The van der Waals surface area contributed by atoms with Crippen molar-refractivity contribution in [2.75, 3.05) is 5.75 Å². The summed E-state index contributed by atoms with van der Waals surface area (Å²) in [6.07, 6.45) is -0.217. The monoisotopic (exact) mass is 338 g/mol. The molecule has 0 aliphatic rings. The Kier molecular flexibility index (Phi) is 5.99. The topological polar surface area (TPSA) is 20.2 Å². The van der Waals surface area contributed by atoms with E-state index in [1.54, 1.807) is 11.8 Å². The molecular weight excluding hydrogens is 319 g/mol. The van der Waals surface area contributed by atoms with Crippen molar-refractivity contribution >= 4 is 31.2 Å². The summed E-state index contributed by atoms with van der Waals surface area (Å²) >= 11 is 2.09. The van der Waals surface area contributed by atoms with Gasteiger partial charge in [-0.2, -0.15) is 0 Å². The third kappa shape index (κ3) is 5.41. The maximum atomic E-state index is 10.0. The van der Waals surface area contributed by atoms with E-state index >= 15 is 0 Å². The van der Waals surface area contributed by atoms with E-state index in [4.69, 9.17) is 0 Å². The molecule has 0 saturated heterocycles. The van der Waals surface area contributed by atoms with Gasteiger partial charge in [0.1, 0.15) is 0 Å². The summed E-state index contributed by atoms with van der Waals surface area (Å²) < 4.78 is 1.37. The molecule has 1 atom stereocenters. The zero-order chi connectivity index (χ0) is 13.5. The van der Waals surface area contributed by atoms with Crippen LogP contribution >= 0.6 is 11.8 Å². The van der Waals surface area contributed by atoms with Crippen molar-refractivity contribution in [3.63, 3.8) is 0 Å². The molecule has 2 aromatic carbocycles. The number of hydrogen-bond acceptors (Lipinski definition) is 2. The third-order valence-electron chi connectivity index (χ3n) is 2.62. The number of aryl methyl sites for hydroxylation is 1. The van der Waals surface area contributed by atoms with E-state index in [-0.39, 0.29) is 6.10 Å². The van der Waals surface area contributed by atoms with Crippen molar-refractivity contribution in [2.45, 2.75) is 23.2 Å². The molecule has 0 aliphatic heterocycles. The van der Waals surface area contributed by atoms with Crippen LogP contribution in [0.3, 0.4) is 0 Å². The van der Waals surface area contributed by atoms with Crippen LogP contribution in [0.2, 0.25) is 5.32 Å². The zero-order valence-electron chi connectivity index (χ0n) is 11.0. The Hall–Kier alpha value is -0.731. The summed E-state index contributed by atoms with van der Waals surface area (Å²) in [4.78, 5) is 1.23. The van der Waals surface area contributed by atoms with Crippen molar-refractivity contribution in [1.82, 2.24) is 0 Å². The Balaban J connectivity index is 1.74. The predicted molar refractivity (Wildman–Crippen MR) is 84.5 cm³/mol. The van der Waals surface area contributed by atoms with Crippen LogP contribution in [-0.4, -0.2) is 31.9 Å². The molecule has 0 heterocycles. The van der Waals surface area contributed by atoms with Gasteiger partial charge in [-0.3, -0.25) is 0 Å². The molecule has 0 saturated carbocycles. The predicted octanol–water partition coefficient (Wildman–Crippen LogP) is 2.90. The van der Waals surface area contributed by atoms with Gasteiger partial charge in [0, 0.05) is 0 Å². The molecular formula is C16H18OSSe. The fourth-order valence-corrected chi connectivity index (χ4v) is 4.83. The van der Waals surface area contributed by atoms with Gasteiger partial charge in [-0.05, 0) is 0 Å². The molecule has 1 nitrogen and oxygen atoms in total. The SMILES string of the molecule is Cc1cccc([Se]CC(O)CSc2ccccc2)c1. The molecule has 0 aromatic heterocycles. The standard InChI is InChI=1S/C16H18OSSe/c1-13-6-5-9-16(10-13)19-12-14(17)11-18-15-7-3-2-4-8-15/h2-10,14,17H,11-12H2,1H3. The van der Waals surface area contributed by atoms with Gasteiger partial charge < -0.3 is 0 Å². The Morgan fingerprint density at radius 1 is 1.11 bits per heavy atom. The van der Waals surface area contributed by atoms with E-state index in [1.165, 1.54) is 14.9 Å². The van der Waals surface area contributed by atoms with Crippen molar-refractivity contribution in [3.8, 4) is 0 Å². The minimum atomic E-state index is -0.217. The van der Waals surface area contributed by atoms with Gasteiger partial charge in [0.25, 0.3) is 0 Å². The molecule has 0 fully saturated rings. The van der Waals surface area contributed by atoms with Gasteiger partial charge in [-0.1, -0.05) is 0 Å². The number of benzene rings is 2. The van der Waals surface area contributed by atoms with Gasteiger partial charge in [0.15, 0.2) is 0 Å². The number of aliphatic hydroxyl groups is 1. The summed E-state index contributed by atoms with van der Waals surface area (Å²) in [6.45, 7) is 2.11. The maximum absolute atomic E-state index is 10.0. The number of hydrogen-bond donors (Lipinski definition) is 1. The summed E-state index contributed by atoms with van der Waals surface area (Å²) in [5, 5.41) is 10.9. The molecule has 100 valence electrons. The molecule has 1 N–H and O–H groups in total. The van der Waals surface area contributed by atoms with E-state index in [0.717, 1.165) is 11.1 Å². The average molecular weight is 337 g/mol. The Bertz CT molecular complexity index is 501. The number of thioether (sulfide) groups is 1. The molecule has 1 unspecified atom stereocenters. The fraction of sp³-hybridized carbons (Fsp3) is 0.250. The summed E-state index contributed by atoms with van der Waals surface area (Å²) in [6, 6.07) is 18.8.